The van der Waals surface area contributed by atoms with Crippen LogP contribution in [0, 0.1) is 26.6 Å². The second kappa shape index (κ2) is 10.1. The van der Waals surface area contributed by atoms with E-state index in [0.717, 1.165) is 22.4 Å². The number of nitrogens with one attached hydrogen (secondary N) is 1. The number of rotatable bonds is 7. The van der Waals surface area contributed by atoms with Crippen molar-refractivity contribution >= 4 is 23.2 Å². The zero-order chi connectivity index (χ0) is 24.2. The van der Waals surface area contributed by atoms with Gasteiger partial charge >= 0.3 is 0 Å². The van der Waals surface area contributed by atoms with Gasteiger partial charge in [-0.1, -0.05) is 41.9 Å². The molecule has 1 amide bonds. The van der Waals surface area contributed by atoms with Crippen LogP contribution in [0.1, 0.15) is 38.4 Å². The molecule has 7 heteroatoms. The summed E-state index contributed by atoms with van der Waals surface area (Å²) in [6.45, 7) is 6.49. The Morgan fingerprint density at radius 1 is 1.03 bits per heavy atom. The predicted molar refractivity (Wildman–Crippen MR) is 132 cm³/mol. The Bertz CT molecular complexity index is 1330. The first-order valence-corrected chi connectivity index (χ1v) is 11.3. The average molecular weight is 478 g/mol. The fourth-order valence-corrected chi connectivity index (χ4v) is 3.84. The zero-order valence-electron chi connectivity index (χ0n) is 19.2. The number of amides is 1. The van der Waals surface area contributed by atoms with Gasteiger partial charge in [-0.2, -0.15) is 5.10 Å². The summed E-state index contributed by atoms with van der Waals surface area (Å²) < 4.78 is 20.9. The van der Waals surface area contributed by atoms with E-state index in [0.29, 0.717) is 34.3 Å². The largest absolute Gasteiger partial charge is 0.487 e. The minimum Gasteiger partial charge on any atom is -0.487 e. The number of carbonyl (C=O) groups is 1. The molecule has 4 aromatic rings. The lowest BCUT2D eigenvalue weighted by molar-refractivity contribution is 0.102. The lowest BCUT2D eigenvalue weighted by Crippen LogP contribution is -2.14. The first-order chi connectivity index (χ1) is 16.3. The smallest absolute Gasteiger partial charge is 0.255 e. The van der Waals surface area contributed by atoms with Crippen molar-refractivity contribution in [3.63, 3.8) is 0 Å². The highest BCUT2D eigenvalue weighted by atomic mass is 35.5. The number of ether oxygens (including phenoxy) is 1. The number of halogens is 2. The summed E-state index contributed by atoms with van der Waals surface area (Å²) in [5.74, 6) is 0.0963. The molecule has 0 aliphatic rings. The number of anilines is 1. The molecule has 0 unspecified atom stereocenters. The number of benzene rings is 3. The van der Waals surface area contributed by atoms with Crippen molar-refractivity contribution < 1.29 is 13.9 Å². The van der Waals surface area contributed by atoms with E-state index in [1.165, 1.54) is 12.1 Å². The molecule has 34 heavy (non-hydrogen) atoms. The number of hydrogen-bond acceptors (Lipinski definition) is 3. The highest BCUT2D eigenvalue weighted by Gasteiger charge is 2.16. The maximum atomic E-state index is 13.2. The van der Waals surface area contributed by atoms with Gasteiger partial charge in [-0.05, 0) is 73.9 Å². The van der Waals surface area contributed by atoms with E-state index in [9.17, 15) is 9.18 Å². The Hall–Kier alpha value is -3.64. The van der Waals surface area contributed by atoms with Gasteiger partial charge in [0.1, 0.15) is 18.2 Å². The summed E-state index contributed by atoms with van der Waals surface area (Å²) in [7, 11) is 0. The van der Waals surface area contributed by atoms with E-state index in [2.05, 4.69) is 10.4 Å². The number of aryl methyl sites for hydroxylation is 2. The van der Waals surface area contributed by atoms with E-state index in [1.807, 2.05) is 45.0 Å². The SMILES string of the molecule is Cc1ccc(Cl)c(OCc2cccc(C(=O)Nc3c(C)nn(Cc4ccc(F)cc4)c3C)c2)c1. The molecule has 1 aromatic heterocycles. The Kier molecular flexibility index (Phi) is 6.98. The monoisotopic (exact) mass is 477 g/mol. The maximum absolute atomic E-state index is 13.2. The number of carbonyl (C=O) groups excluding carboxylic acids is 1. The molecule has 0 radical (unpaired) electrons. The standard InChI is InChI=1S/C27H25ClFN3O2/c1-17-7-12-24(28)25(13-17)34-16-21-5-4-6-22(14-21)27(33)30-26-18(2)31-32(19(26)3)15-20-8-10-23(29)11-9-20/h4-14H,15-16H2,1-3H3,(H,30,33). The van der Waals surface area contributed by atoms with Crippen molar-refractivity contribution in [2.45, 2.75) is 33.9 Å². The Labute approximate surface area is 203 Å². The fraction of sp³-hybridized carbons (Fsp3) is 0.185. The van der Waals surface area contributed by atoms with E-state index in [1.54, 1.807) is 35.0 Å². The van der Waals surface area contributed by atoms with Crippen LogP contribution >= 0.6 is 11.6 Å². The third kappa shape index (κ3) is 5.46. The van der Waals surface area contributed by atoms with E-state index >= 15 is 0 Å². The van der Waals surface area contributed by atoms with E-state index in [-0.39, 0.29) is 18.3 Å². The topological polar surface area (TPSA) is 56.1 Å². The lowest BCUT2D eigenvalue weighted by atomic mass is 10.1. The van der Waals surface area contributed by atoms with Gasteiger partial charge in [0.15, 0.2) is 0 Å². The summed E-state index contributed by atoms with van der Waals surface area (Å²) in [6, 6.07) is 19.2. The van der Waals surface area contributed by atoms with Gasteiger partial charge in [-0.15, -0.1) is 0 Å². The average Bonchev–Trinajstić information content (AvgIpc) is 3.08. The van der Waals surface area contributed by atoms with Crippen LogP contribution in [0.15, 0.2) is 66.7 Å². The van der Waals surface area contributed by atoms with Crippen molar-refractivity contribution in [2.24, 2.45) is 0 Å². The molecule has 0 spiro atoms. The number of hydrogen-bond donors (Lipinski definition) is 1. The van der Waals surface area contributed by atoms with Gasteiger partial charge in [-0.3, -0.25) is 9.48 Å². The van der Waals surface area contributed by atoms with Gasteiger partial charge < -0.3 is 10.1 Å². The van der Waals surface area contributed by atoms with Crippen LogP contribution in [-0.2, 0) is 13.2 Å². The molecule has 0 saturated heterocycles. The Morgan fingerprint density at radius 3 is 2.56 bits per heavy atom. The van der Waals surface area contributed by atoms with Gasteiger partial charge in [0.05, 0.1) is 28.6 Å². The van der Waals surface area contributed by atoms with Crippen molar-refractivity contribution in [3.8, 4) is 5.75 Å². The summed E-state index contributed by atoms with van der Waals surface area (Å²) in [6.07, 6.45) is 0. The number of aromatic nitrogens is 2. The molecule has 5 nitrogen and oxygen atoms in total. The molecule has 1 N–H and O–H groups in total. The molecule has 0 bridgehead atoms. The Balaban J connectivity index is 1.46. The van der Waals surface area contributed by atoms with Crippen LogP contribution in [0.5, 0.6) is 5.75 Å². The number of nitrogens with zero attached hydrogens (tertiary/aromatic N) is 2. The first-order valence-electron chi connectivity index (χ1n) is 10.9. The molecular weight excluding hydrogens is 453 g/mol. The second-order valence-electron chi connectivity index (χ2n) is 8.21. The summed E-state index contributed by atoms with van der Waals surface area (Å²) >= 11 is 6.21. The van der Waals surface area contributed by atoms with E-state index < -0.39 is 0 Å². The molecule has 0 atom stereocenters. The minimum absolute atomic E-state index is 0.233. The fourth-order valence-electron chi connectivity index (χ4n) is 3.66. The third-order valence-corrected chi connectivity index (χ3v) is 5.85. The van der Waals surface area contributed by atoms with Crippen LogP contribution in [0.4, 0.5) is 10.1 Å². The van der Waals surface area contributed by atoms with Crippen LogP contribution in [0.3, 0.4) is 0 Å². The summed E-state index contributed by atoms with van der Waals surface area (Å²) in [4.78, 5) is 13.0. The van der Waals surface area contributed by atoms with E-state index in [4.69, 9.17) is 16.3 Å². The molecular formula is C27H25ClFN3O2. The van der Waals surface area contributed by atoms with Crippen molar-refractivity contribution in [2.75, 3.05) is 5.32 Å². The second-order valence-corrected chi connectivity index (χ2v) is 8.61. The first kappa shape index (κ1) is 23.5. The molecule has 0 aliphatic heterocycles. The highest BCUT2D eigenvalue weighted by molar-refractivity contribution is 6.32. The van der Waals surface area contributed by atoms with Crippen LogP contribution in [-0.4, -0.2) is 15.7 Å². The molecule has 4 rings (SSSR count). The van der Waals surface area contributed by atoms with Gasteiger partial charge in [0.2, 0.25) is 0 Å². The van der Waals surface area contributed by atoms with Gasteiger partial charge in [0, 0.05) is 5.56 Å². The Morgan fingerprint density at radius 2 is 1.79 bits per heavy atom. The lowest BCUT2D eigenvalue weighted by Gasteiger charge is -2.11. The maximum Gasteiger partial charge on any atom is 0.255 e. The van der Waals surface area contributed by atoms with Crippen LogP contribution < -0.4 is 10.1 Å². The summed E-state index contributed by atoms with van der Waals surface area (Å²) in [5, 5.41) is 8.07. The van der Waals surface area contributed by atoms with Crippen molar-refractivity contribution in [1.82, 2.24) is 9.78 Å². The zero-order valence-corrected chi connectivity index (χ0v) is 20.0. The molecule has 3 aromatic carbocycles. The predicted octanol–water partition coefficient (Wildman–Crippen LogP) is 6.48. The quantitative estimate of drug-likeness (QED) is 0.331. The molecule has 0 fully saturated rings. The highest BCUT2D eigenvalue weighted by Crippen LogP contribution is 2.26. The van der Waals surface area contributed by atoms with Crippen molar-refractivity contribution in [3.05, 3.63) is 111 Å². The molecule has 174 valence electrons. The van der Waals surface area contributed by atoms with Crippen molar-refractivity contribution in [1.29, 1.82) is 0 Å². The minimum atomic E-state index is -0.278. The molecule has 0 saturated carbocycles. The third-order valence-electron chi connectivity index (χ3n) is 5.54. The van der Waals surface area contributed by atoms with Gasteiger partial charge in [-0.25, -0.2) is 4.39 Å². The van der Waals surface area contributed by atoms with Crippen LogP contribution in [0.25, 0.3) is 0 Å². The van der Waals surface area contributed by atoms with Gasteiger partial charge in [0.25, 0.3) is 5.91 Å². The summed E-state index contributed by atoms with van der Waals surface area (Å²) in [5.41, 5.74) is 5.54. The molecule has 0 aliphatic carbocycles. The molecule has 1 heterocycles. The van der Waals surface area contributed by atoms with Crippen LogP contribution in [0.2, 0.25) is 5.02 Å². The normalized spacial score (nSPS) is 10.9.